The van der Waals surface area contributed by atoms with Gasteiger partial charge in [-0.15, -0.1) is 10.2 Å². The Kier molecular flexibility index (Phi) is 6.55. The van der Waals surface area contributed by atoms with Crippen LogP contribution in [0.25, 0.3) is 11.4 Å². The number of piperidine rings is 1. The molecular weight excluding hydrogens is 437 g/mol. The lowest BCUT2D eigenvalue weighted by Gasteiger charge is -2.28. The Morgan fingerprint density at radius 2 is 1.94 bits per heavy atom. The summed E-state index contributed by atoms with van der Waals surface area (Å²) in [6.07, 6.45) is 3.52. The minimum Gasteiger partial charge on any atom is -0.369 e. The van der Waals surface area contributed by atoms with Gasteiger partial charge in [0.25, 0.3) is 0 Å². The number of tetrazole rings is 1. The van der Waals surface area contributed by atoms with Crippen LogP contribution in [0.1, 0.15) is 25.1 Å². The summed E-state index contributed by atoms with van der Waals surface area (Å²) in [5.74, 6) is 1.50. The van der Waals surface area contributed by atoms with E-state index < -0.39 is 15.8 Å². The minimum absolute atomic E-state index is 0.0233. The summed E-state index contributed by atoms with van der Waals surface area (Å²) in [5, 5.41) is 16.1. The van der Waals surface area contributed by atoms with Crippen molar-refractivity contribution in [3.05, 3.63) is 35.9 Å². The summed E-state index contributed by atoms with van der Waals surface area (Å²) in [6.45, 7) is 4.20. The predicted octanol–water partition coefficient (Wildman–Crippen LogP) is 1.48. The number of aromatic amines is 1. The van der Waals surface area contributed by atoms with E-state index in [1.165, 1.54) is 18.6 Å². The highest BCUT2D eigenvalue weighted by molar-refractivity contribution is 7.89. The molecule has 170 valence electrons. The van der Waals surface area contributed by atoms with Gasteiger partial charge in [0.15, 0.2) is 0 Å². The van der Waals surface area contributed by atoms with Gasteiger partial charge in [-0.2, -0.15) is 5.21 Å². The Labute approximate surface area is 184 Å². The Hall–Kier alpha value is -3.19. The molecule has 0 aliphatic carbocycles. The molecule has 1 fully saturated rings. The number of rotatable bonds is 8. The molecule has 2 aromatic heterocycles. The van der Waals surface area contributed by atoms with Crippen molar-refractivity contribution < 1.29 is 12.8 Å². The zero-order valence-corrected chi connectivity index (χ0v) is 18.4. The van der Waals surface area contributed by atoms with Gasteiger partial charge < -0.3 is 10.2 Å². The van der Waals surface area contributed by atoms with Crippen molar-refractivity contribution in [2.24, 2.45) is 0 Å². The third kappa shape index (κ3) is 5.16. The maximum atomic E-state index is 14.1. The summed E-state index contributed by atoms with van der Waals surface area (Å²) in [5.41, 5.74) is -0.0542. The van der Waals surface area contributed by atoms with Gasteiger partial charge in [-0.3, -0.25) is 0 Å². The average Bonchev–Trinajstić information content (AvgIpc) is 3.32. The van der Waals surface area contributed by atoms with Crippen molar-refractivity contribution in [2.75, 3.05) is 36.4 Å². The molecule has 32 heavy (non-hydrogen) atoms. The van der Waals surface area contributed by atoms with E-state index in [1.54, 1.807) is 0 Å². The number of nitrogens with zero attached hydrogens (tertiary/aromatic N) is 6. The van der Waals surface area contributed by atoms with Crippen LogP contribution < -0.4 is 14.9 Å². The van der Waals surface area contributed by atoms with Gasteiger partial charge in [0.1, 0.15) is 23.3 Å². The number of anilines is 2. The number of benzene rings is 1. The molecule has 0 atom stereocenters. The van der Waals surface area contributed by atoms with Crippen LogP contribution in [0.4, 0.5) is 16.0 Å². The third-order valence-electron chi connectivity index (χ3n) is 5.06. The molecule has 1 aliphatic rings. The number of aromatic nitrogens is 6. The molecule has 0 radical (unpaired) electrons. The first-order chi connectivity index (χ1) is 15.4. The largest absolute Gasteiger partial charge is 0.369 e. The Morgan fingerprint density at radius 1 is 1.12 bits per heavy atom. The zero-order chi connectivity index (χ0) is 22.6. The van der Waals surface area contributed by atoms with Gasteiger partial charge in [-0.1, -0.05) is 0 Å². The van der Waals surface area contributed by atoms with Crippen LogP contribution in [0, 0.1) is 12.7 Å². The summed E-state index contributed by atoms with van der Waals surface area (Å²) < 4.78 is 41.8. The molecule has 0 bridgehead atoms. The Bertz CT molecular complexity index is 1170. The highest BCUT2D eigenvalue weighted by atomic mass is 32.2. The van der Waals surface area contributed by atoms with Gasteiger partial charge in [0, 0.05) is 32.2 Å². The van der Waals surface area contributed by atoms with Crippen LogP contribution in [0.15, 0.2) is 29.2 Å². The monoisotopic (exact) mass is 461 g/mol. The average molecular weight is 462 g/mol. The number of sulfonamides is 1. The molecule has 1 aromatic carbocycles. The second-order valence-corrected chi connectivity index (χ2v) is 9.17. The topological polar surface area (TPSA) is 142 Å². The SMILES string of the molecule is Cc1nc(NCCNS(=O)(=O)c2ccc(F)c(-c3nn[nH]n3)c2)cc(N2CCCCC2)n1. The van der Waals surface area contributed by atoms with E-state index in [-0.39, 0.29) is 22.8 Å². The third-order valence-corrected chi connectivity index (χ3v) is 6.52. The molecule has 0 amide bonds. The maximum absolute atomic E-state index is 14.1. The fourth-order valence-electron chi connectivity index (χ4n) is 3.51. The first-order valence-corrected chi connectivity index (χ1v) is 11.8. The van der Waals surface area contributed by atoms with Crippen molar-refractivity contribution in [3.8, 4) is 11.4 Å². The van der Waals surface area contributed by atoms with E-state index in [2.05, 4.69) is 45.5 Å². The molecule has 3 N–H and O–H groups in total. The van der Waals surface area contributed by atoms with Gasteiger partial charge in [-0.05, 0) is 49.6 Å². The lowest BCUT2D eigenvalue weighted by Crippen LogP contribution is -2.31. The number of nitrogens with one attached hydrogen (secondary N) is 3. The van der Waals surface area contributed by atoms with E-state index >= 15 is 0 Å². The summed E-state index contributed by atoms with van der Waals surface area (Å²) in [7, 11) is -3.86. The van der Waals surface area contributed by atoms with Gasteiger partial charge in [-0.25, -0.2) is 27.5 Å². The van der Waals surface area contributed by atoms with E-state index in [0.717, 1.165) is 37.8 Å². The van der Waals surface area contributed by atoms with Gasteiger partial charge in [0.2, 0.25) is 15.8 Å². The molecule has 0 saturated carbocycles. The summed E-state index contributed by atoms with van der Waals surface area (Å²) in [4.78, 5) is 11.0. The van der Waals surface area contributed by atoms with Crippen molar-refractivity contribution in [1.82, 2.24) is 35.3 Å². The molecule has 0 unspecified atom stereocenters. The Balaban J connectivity index is 1.37. The number of hydrogen-bond acceptors (Lipinski definition) is 9. The van der Waals surface area contributed by atoms with Crippen LogP contribution >= 0.6 is 0 Å². The summed E-state index contributed by atoms with van der Waals surface area (Å²) in [6, 6.07) is 5.30. The quantitative estimate of drug-likeness (QED) is 0.425. The van der Waals surface area contributed by atoms with Gasteiger partial charge in [0.05, 0.1) is 10.5 Å². The fourth-order valence-corrected chi connectivity index (χ4v) is 4.56. The first kappa shape index (κ1) is 22.0. The van der Waals surface area contributed by atoms with Crippen LogP contribution in [0.2, 0.25) is 0 Å². The maximum Gasteiger partial charge on any atom is 0.240 e. The van der Waals surface area contributed by atoms with Crippen molar-refractivity contribution in [3.63, 3.8) is 0 Å². The fraction of sp³-hybridized carbons (Fsp3) is 0.421. The van der Waals surface area contributed by atoms with E-state index in [0.29, 0.717) is 18.2 Å². The van der Waals surface area contributed by atoms with Crippen LogP contribution in [0.5, 0.6) is 0 Å². The molecule has 0 spiro atoms. The lowest BCUT2D eigenvalue weighted by molar-refractivity contribution is 0.572. The number of aryl methyl sites for hydroxylation is 1. The molecule has 4 rings (SSSR count). The number of halogens is 1. The molecule has 3 heterocycles. The second-order valence-electron chi connectivity index (χ2n) is 7.41. The van der Waals surface area contributed by atoms with Crippen LogP contribution in [0.3, 0.4) is 0 Å². The highest BCUT2D eigenvalue weighted by Gasteiger charge is 2.19. The first-order valence-electron chi connectivity index (χ1n) is 10.3. The van der Waals surface area contributed by atoms with Crippen molar-refractivity contribution in [2.45, 2.75) is 31.1 Å². The van der Waals surface area contributed by atoms with Crippen molar-refractivity contribution in [1.29, 1.82) is 0 Å². The molecule has 13 heteroatoms. The van der Waals surface area contributed by atoms with E-state index in [9.17, 15) is 12.8 Å². The number of H-pyrrole nitrogens is 1. The Morgan fingerprint density at radius 3 is 2.69 bits per heavy atom. The van der Waals surface area contributed by atoms with Crippen LogP contribution in [-0.4, -0.2) is 65.2 Å². The zero-order valence-electron chi connectivity index (χ0n) is 17.5. The second kappa shape index (κ2) is 9.53. The smallest absolute Gasteiger partial charge is 0.240 e. The van der Waals surface area contributed by atoms with E-state index in [1.807, 2.05) is 13.0 Å². The van der Waals surface area contributed by atoms with Crippen molar-refractivity contribution >= 4 is 21.7 Å². The van der Waals surface area contributed by atoms with E-state index in [4.69, 9.17) is 0 Å². The molecule has 1 saturated heterocycles. The highest BCUT2D eigenvalue weighted by Crippen LogP contribution is 2.22. The normalized spacial score (nSPS) is 14.5. The van der Waals surface area contributed by atoms with Crippen LogP contribution in [-0.2, 0) is 10.0 Å². The molecule has 11 nitrogen and oxygen atoms in total. The number of hydrogen-bond donors (Lipinski definition) is 3. The standard InChI is InChI=1S/C19H24FN9O2S/c1-13-23-17(12-18(24-13)29-9-3-2-4-10-29)21-7-8-22-32(30,31)14-5-6-16(20)15(11-14)19-25-27-28-26-19/h5-6,11-12,22H,2-4,7-10H2,1H3,(H,21,23,24)(H,25,26,27,28). The summed E-state index contributed by atoms with van der Waals surface area (Å²) >= 11 is 0. The lowest BCUT2D eigenvalue weighted by atomic mass is 10.1. The predicted molar refractivity (Wildman–Crippen MR) is 116 cm³/mol. The van der Waals surface area contributed by atoms with Gasteiger partial charge >= 0.3 is 0 Å². The minimum atomic E-state index is -3.86. The molecule has 1 aliphatic heterocycles. The molecule has 3 aromatic rings. The molecular formula is C19H24FN9O2S.